The number of pyridine rings is 2. The Balaban J connectivity index is 1.76. The second kappa shape index (κ2) is 6.37. The Morgan fingerprint density at radius 1 is 0.870 bits per heavy atom. The van der Waals surface area contributed by atoms with E-state index in [1.807, 2.05) is 36.8 Å². The lowest BCUT2D eigenvalue weighted by molar-refractivity contribution is 0.151. The van der Waals surface area contributed by atoms with E-state index < -0.39 is 0 Å². The number of fused-ring (bicyclic) bond motifs is 1. The molecule has 23 heavy (non-hydrogen) atoms. The fraction of sp³-hybridized carbons (Fsp3) is 0.300. The minimum Gasteiger partial charge on any atom is -0.474 e. The lowest BCUT2D eigenvalue weighted by Crippen LogP contribution is -2.20. The number of nitrogens with zero attached hydrogens (tertiary/aromatic N) is 2. The number of ether oxygens (including phenoxy) is 1. The smallest absolute Gasteiger partial charge is 0.221 e. The Bertz CT molecular complexity index is 795. The highest BCUT2D eigenvalue weighted by molar-refractivity contribution is 5.98. The molecule has 1 aliphatic carbocycles. The van der Waals surface area contributed by atoms with E-state index >= 15 is 0 Å². The van der Waals surface area contributed by atoms with Crippen LogP contribution in [0.1, 0.15) is 32.1 Å². The molecule has 0 unspecified atom stereocenters. The number of benzene rings is 1. The molecule has 0 aliphatic heterocycles. The van der Waals surface area contributed by atoms with Crippen LogP contribution < -0.4 is 4.74 Å². The molecule has 3 aromatic rings. The fourth-order valence-electron chi connectivity index (χ4n) is 3.36. The van der Waals surface area contributed by atoms with Gasteiger partial charge in [0.2, 0.25) is 5.88 Å². The normalized spacial score (nSPS) is 15.7. The van der Waals surface area contributed by atoms with Crippen LogP contribution in [0.4, 0.5) is 0 Å². The standard InChI is InChI=1S/C20H20N2O/c1-2-6-16(7-3-1)23-20-18-9-5-4-8-17(18)19(14-22-20)15-10-12-21-13-11-15/h4-5,8-14,16H,1-3,6-7H2. The molecule has 3 heteroatoms. The first kappa shape index (κ1) is 14.2. The van der Waals surface area contributed by atoms with Gasteiger partial charge in [-0.15, -0.1) is 0 Å². The molecular weight excluding hydrogens is 284 g/mol. The molecule has 1 fully saturated rings. The number of rotatable bonds is 3. The zero-order valence-electron chi connectivity index (χ0n) is 13.1. The van der Waals surface area contributed by atoms with Gasteiger partial charge >= 0.3 is 0 Å². The lowest BCUT2D eigenvalue weighted by Gasteiger charge is -2.23. The van der Waals surface area contributed by atoms with Gasteiger partial charge in [0.1, 0.15) is 6.10 Å². The molecule has 0 spiro atoms. The van der Waals surface area contributed by atoms with E-state index in [1.54, 1.807) is 0 Å². The molecule has 2 aromatic heterocycles. The molecule has 4 rings (SSSR count). The minimum absolute atomic E-state index is 0.312. The average Bonchev–Trinajstić information content (AvgIpc) is 2.64. The zero-order valence-corrected chi connectivity index (χ0v) is 13.1. The molecule has 0 radical (unpaired) electrons. The predicted molar refractivity (Wildman–Crippen MR) is 92.5 cm³/mol. The number of hydrogen-bond donors (Lipinski definition) is 0. The van der Waals surface area contributed by atoms with Crippen molar-refractivity contribution < 1.29 is 4.74 Å². The molecule has 0 amide bonds. The molecule has 1 saturated carbocycles. The maximum atomic E-state index is 6.24. The molecule has 1 aromatic carbocycles. The van der Waals surface area contributed by atoms with E-state index in [9.17, 15) is 0 Å². The van der Waals surface area contributed by atoms with Crippen LogP contribution in [0, 0.1) is 0 Å². The fourth-order valence-corrected chi connectivity index (χ4v) is 3.36. The number of hydrogen-bond acceptors (Lipinski definition) is 3. The summed E-state index contributed by atoms with van der Waals surface area (Å²) in [5.41, 5.74) is 2.26. The van der Waals surface area contributed by atoms with E-state index in [-0.39, 0.29) is 0 Å². The summed E-state index contributed by atoms with van der Waals surface area (Å²) in [6.45, 7) is 0. The van der Waals surface area contributed by atoms with Crippen LogP contribution in [-0.2, 0) is 0 Å². The van der Waals surface area contributed by atoms with Crippen molar-refractivity contribution >= 4 is 10.8 Å². The van der Waals surface area contributed by atoms with E-state index in [0.717, 1.165) is 35.2 Å². The third-order valence-corrected chi connectivity index (χ3v) is 4.58. The highest BCUT2D eigenvalue weighted by Crippen LogP contribution is 2.33. The van der Waals surface area contributed by atoms with Crippen LogP contribution >= 0.6 is 0 Å². The Labute approximate surface area is 136 Å². The first-order valence-electron chi connectivity index (χ1n) is 8.36. The van der Waals surface area contributed by atoms with Crippen molar-refractivity contribution in [1.29, 1.82) is 0 Å². The molecule has 1 aliphatic rings. The van der Waals surface area contributed by atoms with Gasteiger partial charge < -0.3 is 4.74 Å². The van der Waals surface area contributed by atoms with Crippen molar-refractivity contribution in [3.63, 3.8) is 0 Å². The average molecular weight is 304 g/mol. The van der Waals surface area contributed by atoms with Crippen LogP contribution in [-0.4, -0.2) is 16.1 Å². The minimum atomic E-state index is 0.312. The molecular formula is C20H20N2O. The van der Waals surface area contributed by atoms with E-state index in [1.165, 1.54) is 24.6 Å². The first-order valence-corrected chi connectivity index (χ1v) is 8.36. The molecule has 0 saturated heterocycles. The van der Waals surface area contributed by atoms with Crippen molar-refractivity contribution in [2.45, 2.75) is 38.2 Å². The highest BCUT2D eigenvalue weighted by atomic mass is 16.5. The molecule has 0 bridgehead atoms. The Kier molecular flexibility index (Phi) is 3.93. The van der Waals surface area contributed by atoms with Gasteiger partial charge in [-0.3, -0.25) is 4.98 Å². The largest absolute Gasteiger partial charge is 0.474 e. The third kappa shape index (κ3) is 2.91. The maximum absolute atomic E-state index is 6.24. The van der Waals surface area contributed by atoms with Gasteiger partial charge in [0.15, 0.2) is 0 Å². The summed E-state index contributed by atoms with van der Waals surface area (Å²) in [5, 5.41) is 2.27. The summed E-state index contributed by atoms with van der Waals surface area (Å²) >= 11 is 0. The molecule has 3 nitrogen and oxygen atoms in total. The van der Waals surface area contributed by atoms with Crippen molar-refractivity contribution in [3.05, 3.63) is 55.0 Å². The number of aromatic nitrogens is 2. The van der Waals surface area contributed by atoms with Crippen LogP contribution in [0.3, 0.4) is 0 Å². The second-order valence-electron chi connectivity index (χ2n) is 6.14. The van der Waals surface area contributed by atoms with E-state index in [4.69, 9.17) is 4.74 Å². The van der Waals surface area contributed by atoms with Crippen LogP contribution in [0.5, 0.6) is 5.88 Å². The van der Waals surface area contributed by atoms with Gasteiger partial charge in [0.25, 0.3) is 0 Å². The van der Waals surface area contributed by atoms with Gasteiger partial charge in [-0.2, -0.15) is 0 Å². The molecule has 0 N–H and O–H groups in total. The summed E-state index contributed by atoms with van der Waals surface area (Å²) in [4.78, 5) is 8.74. The van der Waals surface area contributed by atoms with Crippen molar-refractivity contribution in [3.8, 4) is 17.0 Å². The van der Waals surface area contributed by atoms with Crippen LogP contribution in [0.2, 0.25) is 0 Å². The lowest BCUT2D eigenvalue weighted by atomic mass is 9.97. The van der Waals surface area contributed by atoms with Crippen molar-refractivity contribution in [2.75, 3.05) is 0 Å². The molecule has 116 valence electrons. The van der Waals surface area contributed by atoms with Crippen molar-refractivity contribution in [1.82, 2.24) is 9.97 Å². The zero-order chi connectivity index (χ0) is 15.5. The van der Waals surface area contributed by atoms with Crippen molar-refractivity contribution in [2.24, 2.45) is 0 Å². The van der Waals surface area contributed by atoms with Gasteiger partial charge in [0.05, 0.1) is 0 Å². The first-order chi connectivity index (χ1) is 11.4. The Morgan fingerprint density at radius 2 is 1.61 bits per heavy atom. The quantitative estimate of drug-likeness (QED) is 0.682. The van der Waals surface area contributed by atoms with Crippen LogP contribution in [0.15, 0.2) is 55.0 Å². The monoisotopic (exact) mass is 304 g/mol. The maximum Gasteiger partial charge on any atom is 0.221 e. The Hall–Kier alpha value is -2.42. The van der Waals surface area contributed by atoms with Gasteiger partial charge in [-0.1, -0.05) is 24.6 Å². The summed E-state index contributed by atoms with van der Waals surface area (Å²) in [7, 11) is 0. The molecule has 2 heterocycles. The highest BCUT2D eigenvalue weighted by Gasteiger charge is 2.17. The second-order valence-corrected chi connectivity index (χ2v) is 6.14. The predicted octanol–water partition coefficient (Wildman–Crippen LogP) is 5.01. The summed E-state index contributed by atoms with van der Waals surface area (Å²) in [5.74, 6) is 0.769. The summed E-state index contributed by atoms with van der Waals surface area (Å²) in [6.07, 6.45) is 12.0. The van der Waals surface area contributed by atoms with Crippen LogP contribution in [0.25, 0.3) is 21.9 Å². The summed E-state index contributed by atoms with van der Waals surface area (Å²) < 4.78 is 6.24. The third-order valence-electron chi connectivity index (χ3n) is 4.58. The van der Waals surface area contributed by atoms with Gasteiger partial charge in [-0.25, -0.2) is 4.98 Å². The van der Waals surface area contributed by atoms with Gasteiger partial charge in [-0.05, 0) is 54.8 Å². The summed E-state index contributed by atoms with van der Waals surface area (Å²) in [6, 6.07) is 12.4. The topological polar surface area (TPSA) is 35.0 Å². The van der Waals surface area contributed by atoms with E-state index in [2.05, 4.69) is 28.2 Å². The van der Waals surface area contributed by atoms with Gasteiger partial charge in [0, 0.05) is 29.5 Å². The van der Waals surface area contributed by atoms with E-state index in [0.29, 0.717) is 6.10 Å². The molecule has 0 atom stereocenters. The Morgan fingerprint density at radius 3 is 2.39 bits per heavy atom. The SMILES string of the molecule is c1ccc2c(OC3CCCCC3)ncc(-c3ccncc3)c2c1.